The fourth-order valence-electron chi connectivity index (χ4n) is 1.24. The first-order valence-corrected chi connectivity index (χ1v) is 4.42. The van der Waals surface area contributed by atoms with Gasteiger partial charge in [-0.3, -0.25) is 0 Å². The van der Waals surface area contributed by atoms with Gasteiger partial charge in [-0.05, 0) is 38.1 Å². The molecule has 0 spiro atoms. The molecule has 1 aliphatic rings. The van der Waals surface area contributed by atoms with E-state index in [0.717, 1.165) is 6.04 Å². The Hall–Kier alpha value is -0.0400. The second-order valence-electron chi connectivity index (χ2n) is 3.83. The summed E-state index contributed by atoms with van der Waals surface area (Å²) in [4.78, 5) is 0. The molecule has 1 saturated carbocycles. The molecule has 0 amide bonds. The van der Waals surface area contributed by atoms with Gasteiger partial charge >= 0.3 is 0 Å². The molecule has 1 nitrogen and oxygen atoms in total. The van der Waals surface area contributed by atoms with E-state index in [2.05, 4.69) is 26.1 Å². The number of nitrogens with one attached hydrogen (secondary N) is 1. The molecule has 1 atom stereocenters. The molecule has 0 aromatic carbocycles. The summed E-state index contributed by atoms with van der Waals surface area (Å²) in [5, 5.41) is 3.53. The van der Waals surface area contributed by atoms with Crippen LogP contribution in [0, 0.1) is 5.41 Å². The first-order valence-electron chi connectivity index (χ1n) is 4.42. The quantitative estimate of drug-likeness (QED) is 0.632. The van der Waals surface area contributed by atoms with Gasteiger partial charge in [-0.15, -0.1) is 0 Å². The summed E-state index contributed by atoms with van der Waals surface area (Å²) in [6.45, 7) is 8.08. The molecule has 0 aromatic heterocycles. The molecule has 10 heavy (non-hydrogen) atoms. The fourth-order valence-corrected chi connectivity index (χ4v) is 1.24. The van der Waals surface area contributed by atoms with Gasteiger partial charge in [-0.1, -0.05) is 13.8 Å². The zero-order valence-electron chi connectivity index (χ0n) is 7.41. The highest BCUT2D eigenvalue weighted by Crippen LogP contribution is 2.47. The minimum absolute atomic E-state index is 0.648. The van der Waals surface area contributed by atoms with Gasteiger partial charge in [0.25, 0.3) is 0 Å². The van der Waals surface area contributed by atoms with Crippen LogP contribution in [-0.2, 0) is 0 Å². The van der Waals surface area contributed by atoms with Gasteiger partial charge in [-0.25, -0.2) is 0 Å². The van der Waals surface area contributed by atoms with Crippen LogP contribution in [0.1, 0.15) is 40.0 Å². The Morgan fingerprint density at radius 3 is 2.50 bits per heavy atom. The van der Waals surface area contributed by atoms with Gasteiger partial charge < -0.3 is 5.32 Å². The molecule has 0 saturated heterocycles. The van der Waals surface area contributed by atoms with E-state index in [1.54, 1.807) is 0 Å². The smallest absolute Gasteiger partial charge is 0.00925 e. The summed E-state index contributed by atoms with van der Waals surface area (Å²) >= 11 is 0. The summed E-state index contributed by atoms with van der Waals surface area (Å²) in [5.74, 6) is 0. The van der Waals surface area contributed by atoms with Crippen molar-refractivity contribution in [2.75, 3.05) is 6.54 Å². The van der Waals surface area contributed by atoms with E-state index in [0.29, 0.717) is 5.41 Å². The van der Waals surface area contributed by atoms with Gasteiger partial charge in [0.2, 0.25) is 0 Å². The molecule has 0 heterocycles. The normalized spacial score (nSPS) is 24.3. The van der Waals surface area contributed by atoms with E-state index >= 15 is 0 Å². The van der Waals surface area contributed by atoms with Crippen LogP contribution in [0.25, 0.3) is 0 Å². The number of rotatable bonds is 4. The number of hydrogen-bond acceptors (Lipinski definition) is 1. The predicted molar refractivity (Wildman–Crippen MR) is 45.1 cm³/mol. The van der Waals surface area contributed by atoms with Gasteiger partial charge in [0.05, 0.1) is 0 Å². The van der Waals surface area contributed by atoms with Crippen LogP contribution in [0.2, 0.25) is 0 Å². The van der Waals surface area contributed by atoms with E-state index in [-0.39, 0.29) is 0 Å². The molecule has 0 bridgehead atoms. The van der Waals surface area contributed by atoms with E-state index in [1.807, 2.05) is 0 Å². The lowest BCUT2D eigenvalue weighted by Gasteiger charge is -2.19. The maximum Gasteiger partial charge on any atom is 0.00925 e. The molecular formula is C9H19N. The average Bonchev–Trinajstić information content (AvgIpc) is 2.64. The fraction of sp³-hybridized carbons (Fsp3) is 1.00. The molecular weight excluding hydrogens is 122 g/mol. The lowest BCUT2D eigenvalue weighted by Crippen LogP contribution is -2.33. The predicted octanol–water partition coefficient (Wildman–Crippen LogP) is 2.17. The van der Waals surface area contributed by atoms with Crippen LogP contribution in [0.3, 0.4) is 0 Å². The maximum atomic E-state index is 3.53. The van der Waals surface area contributed by atoms with Crippen LogP contribution in [0.5, 0.6) is 0 Å². The van der Waals surface area contributed by atoms with Crippen LogP contribution < -0.4 is 5.32 Å². The van der Waals surface area contributed by atoms with Crippen molar-refractivity contribution in [2.24, 2.45) is 5.41 Å². The summed E-state index contributed by atoms with van der Waals surface area (Å²) in [6.07, 6.45) is 4.09. The van der Waals surface area contributed by atoms with Crippen molar-refractivity contribution >= 4 is 0 Å². The highest BCUT2D eigenvalue weighted by molar-refractivity contribution is 4.96. The maximum absolute atomic E-state index is 3.53. The average molecular weight is 141 g/mol. The van der Waals surface area contributed by atoms with Gasteiger partial charge in [-0.2, -0.15) is 0 Å². The second-order valence-corrected chi connectivity index (χ2v) is 3.83. The van der Waals surface area contributed by atoms with Gasteiger partial charge in [0, 0.05) is 6.04 Å². The van der Waals surface area contributed by atoms with E-state index in [1.165, 1.54) is 25.8 Å². The van der Waals surface area contributed by atoms with Crippen molar-refractivity contribution in [3.8, 4) is 0 Å². The molecule has 1 N–H and O–H groups in total. The van der Waals surface area contributed by atoms with Crippen LogP contribution in [0.15, 0.2) is 0 Å². The minimum atomic E-state index is 0.648. The Balaban J connectivity index is 2.15. The van der Waals surface area contributed by atoms with E-state index in [9.17, 15) is 0 Å². The van der Waals surface area contributed by atoms with Crippen LogP contribution in [-0.4, -0.2) is 12.6 Å². The molecule has 1 rings (SSSR count). The van der Waals surface area contributed by atoms with Crippen molar-refractivity contribution in [3.05, 3.63) is 0 Å². The summed E-state index contributed by atoms with van der Waals surface area (Å²) in [5.41, 5.74) is 0.648. The first kappa shape index (κ1) is 8.06. The zero-order chi connectivity index (χ0) is 7.61. The van der Waals surface area contributed by atoms with Crippen LogP contribution >= 0.6 is 0 Å². The second kappa shape index (κ2) is 2.91. The summed E-state index contributed by atoms with van der Waals surface area (Å²) < 4.78 is 0. The molecule has 0 aromatic rings. The Bertz CT molecular complexity index is 105. The van der Waals surface area contributed by atoms with Crippen molar-refractivity contribution in [3.63, 3.8) is 0 Å². The lowest BCUT2D eigenvalue weighted by molar-refractivity contribution is 0.382. The van der Waals surface area contributed by atoms with Crippen molar-refractivity contribution in [1.82, 2.24) is 5.32 Å². The molecule has 1 aliphatic carbocycles. The third kappa shape index (κ3) is 1.72. The Labute approximate surface area is 64.2 Å². The standard InChI is InChI=1S/C9H19N/c1-4-7-10-8(2)9(3)5-6-9/h8,10H,4-7H2,1-3H3/t8-/m1/s1. The summed E-state index contributed by atoms with van der Waals surface area (Å²) in [7, 11) is 0. The third-order valence-electron chi connectivity index (χ3n) is 2.78. The number of hydrogen-bond donors (Lipinski definition) is 1. The largest absolute Gasteiger partial charge is 0.314 e. The Kier molecular flexibility index (Phi) is 2.35. The molecule has 0 unspecified atom stereocenters. The molecule has 1 heteroatoms. The van der Waals surface area contributed by atoms with Crippen molar-refractivity contribution in [2.45, 2.75) is 46.1 Å². The zero-order valence-corrected chi connectivity index (χ0v) is 7.41. The van der Waals surface area contributed by atoms with Crippen molar-refractivity contribution in [1.29, 1.82) is 0 Å². The SMILES string of the molecule is CCCN[C@H](C)C1(C)CC1. The molecule has 60 valence electrons. The lowest BCUT2D eigenvalue weighted by atomic mass is 10.0. The third-order valence-corrected chi connectivity index (χ3v) is 2.78. The summed E-state index contributed by atoms with van der Waals surface area (Å²) in [6, 6.07) is 0.729. The van der Waals surface area contributed by atoms with Gasteiger partial charge in [0.1, 0.15) is 0 Å². The highest BCUT2D eigenvalue weighted by Gasteiger charge is 2.41. The Morgan fingerprint density at radius 1 is 1.50 bits per heavy atom. The first-order chi connectivity index (χ1) is 4.69. The monoisotopic (exact) mass is 141 g/mol. The van der Waals surface area contributed by atoms with E-state index < -0.39 is 0 Å². The Morgan fingerprint density at radius 2 is 2.10 bits per heavy atom. The van der Waals surface area contributed by atoms with E-state index in [4.69, 9.17) is 0 Å². The van der Waals surface area contributed by atoms with Crippen molar-refractivity contribution < 1.29 is 0 Å². The molecule has 0 radical (unpaired) electrons. The van der Waals surface area contributed by atoms with Crippen LogP contribution in [0.4, 0.5) is 0 Å². The topological polar surface area (TPSA) is 12.0 Å². The highest BCUT2D eigenvalue weighted by atomic mass is 14.9. The molecule has 0 aliphatic heterocycles. The molecule has 1 fully saturated rings. The van der Waals surface area contributed by atoms with Gasteiger partial charge in [0.15, 0.2) is 0 Å². The minimum Gasteiger partial charge on any atom is -0.314 e.